The van der Waals surface area contributed by atoms with E-state index in [0.29, 0.717) is 23.7 Å². The van der Waals surface area contributed by atoms with E-state index in [4.69, 9.17) is 9.47 Å². The van der Waals surface area contributed by atoms with Crippen LogP contribution in [0, 0.1) is 13.8 Å². The molecule has 0 saturated carbocycles. The zero-order chi connectivity index (χ0) is 21.2. The number of aromatic nitrogens is 3. The number of ether oxygens (including phenoxy) is 2. The molecule has 0 fully saturated rings. The summed E-state index contributed by atoms with van der Waals surface area (Å²) in [5.41, 5.74) is 2.52. The Bertz CT molecular complexity index is 1150. The Labute approximate surface area is 169 Å². The summed E-state index contributed by atoms with van der Waals surface area (Å²) in [5, 5.41) is 4.41. The van der Waals surface area contributed by atoms with E-state index in [2.05, 4.69) is 10.1 Å². The standard InChI is InChI=1S/C20H21N3O5S/c1-13-9-14(2)23(22-13)12-15-10-17(11-19(21-15)20(24)27-3)28-16-5-7-18(8-6-16)29(4,25)26/h5-11H,12H2,1-4H3. The van der Waals surface area contributed by atoms with Gasteiger partial charge in [0.15, 0.2) is 15.5 Å². The quantitative estimate of drug-likeness (QED) is 0.571. The fraction of sp³-hybridized carbons (Fsp3) is 0.250. The van der Waals surface area contributed by atoms with Gasteiger partial charge in [-0.3, -0.25) is 4.68 Å². The number of sulfone groups is 1. The highest BCUT2D eigenvalue weighted by Gasteiger charge is 2.14. The highest BCUT2D eigenvalue weighted by Crippen LogP contribution is 2.25. The van der Waals surface area contributed by atoms with Gasteiger partial charge in [0.25, 0.3) is 0 Å². The first kappa shape index (κ1) is 20.5. The van der Waals surface area contributed by atoms with Crippen molar-refractivity contribution in [2.24, 2.45) is 0 Å². The number of carbonyl (C=O) groups is 1. The third-order valence-electron chi connectivity index (χ3n) is 4.15. The number of hydrogen-bond acceptors (Lipinski definition) is 7. The van der Waals surface area contributed by atoms with Crippen LogP contribution >= 0.6 is 0 Å². The first-order valence-corrected chi connectivity index (χ1v) is 10.6. The lowest BCUT2D eigenvalue weighted by molar-refractivity contribution is 0.0593. The van der Waals surface area contributed by atoms with Crippen LogP contribution in [0.5, 0.6) is 11.5 Å². The monoisotopic (exact) mass is 415 g/mol. The topological polar surface area (TPSA) is 100 Å². The molecule has 8 nitrogen and oxygen atoms in total. The molecule has 2 heterocycles. The minimum Gasteiger partial charge on any atom is -0.464 e. The second-order valence-electron chi connectivity index (χ2n) is 6.60. The van der Waals surface area contributed by atoms with Gasteiger partial charge < -0.3 is 9.47 Å². The maximum atomic E-state index is 12.0. The Balaban J connectivity index is 1.93. The van der Waals surface area contributed by atoms with E-state index in [1.54, 1.807) is 22.9 Å². The molecule has 1 aromatic carbocycles. The van der Waals surface area contributed by atoms with Crippen LogP contribution < -0.4 is 4.74 Å². The van der Waals surface area contributed by atoms with E-state index in [1.807, 2.05) is 19.9 Å². The molecule has 0 atom stereocenters. The fourth-order valence-electron chi connectivity index (χ4n) is 2.79. The van der Waals surface area contributed by atoms with Crippen LogP contribution in [0.1, 0.15) is 27.6 Å². The molecule has 3 rings (SSSR count). The molecule has 0 bridgehead atoms. The second kappa shape index (κ2) is 8.04. The van der Waals surface area contributed by atoms with E-state index in [9.17, 15) is 13.2 Å². The first-order chi connectivity index (χ1) is 13.7. The molecule has 0 saturated heterocycles. The van der Waals surface area contributed by atoms with Gasteiger partial charge in [-0.25, -0.2) is 18.2 Å². The zero-order valence-corrected chi connectivity index (χ0v) is 17.4. The highest BCUT2D eigenvalue weighted by atomic mass is 32.2. The van der Waals surface area contributed by atoms with Gasteiger partial charge in [0.2, 0.25) is 0 Å². The van der Waals surface area contributed by atoms with Crippen LogP contribution in [0.2, 0.25) is 0 Å². The molecule has 2 aromatic heterocycles. The molecule has 0 radical (unpaired) electrons. The summed E-state index contributed by atoms with van der Waals surface area (Å²) in [6, 6.07) is 11.2. The molecular weight excluding hydrogens is 394 g/mol. The van der Waals surface area contributed by atoms with Crippen molar-refractivity contribution in [1.29, 1.82) is 0 Å². The molecule has 0 spiro atoms. The van der Waals surface area contributed by atoms with Gasteiger partial charge >= 0.3 is 5.97 Å². The van der Waals surface area contributed by atoms with E-state index >= 15 is 0 Å². The Morgan fingerprint density at radius 1 is 1.07 bits per heavy atom. The highest BCUT2D eigenvalue weighted by molar-refractivity contribution is 7.90. The molecule has 29 heavy (non-hydrogen) atoms. The van der Waals surface area contributed by atoms with Crippen LogP contribution in [-0.2, 0) is 21.1 Å². The summed E-state index contributed by atoms with van der Waals surface area (Å²) in [6.07, 6.45) is 1.14. The van der Waals surface area contributed by atoms with E-state index < -0.39 is 15.8 Å². The summed E-state index contributed by atoms with van der Waals surface area (Å²) in [6.45, 7) is 4.19. The van der Waals surface area contributed by atoms with Gasteiger partial charge in [0, 0.05) is 24.1 Å². The predicted molar refractivity (Wildman–Crippen MR) is 106 cm³/mol. The van der Waals surface area contributed by atoms with E-state index in [0.717, 1.165) is 17.6 Å². The van der Waals surface area contributed by atoms with Crippen LogP contribution in [0.15, 0.2) is 47.4 Å². The Kier molecular flexibility index (Phi) is 5.69. The number of aryl methyl sites for hydroxylation is 2. The number of methoxy groups -OCH3 is 1. The van der Waals surface area contributed by atoms with Crippen LogP contribution in [-0.4, -0.2) is 42.5 Å². The number of esters is 1. The van der Waals surface area contributed by atoms with Gasteiger partial charge in [-0.05, 0) is 44.2 Å². The van der Waals surface area contributed by atoms with Crippen molar-refractivity contribution in [3.8, 4) is 11.5 Å². The maximum Gasteiger partial charge on any atom is 0.356 e. The molecule has 9 heteroatoms. The Hall–Kier alpha value is -3.20. The number of carbonyl (C=O) groups excluding carboxylic acids is 1. The summed E-state index contributed by atoms with van der Waals surface area (Å²) in [4.78, 5) is 16.6. The lowest BCUT2D eigenvalue weighted by atomic mass is 10.2. The van der Waals surface area contributed by atoms with Crippen molar-refractivity contribution in [3.63, 3.8) is 0 Å². The van der Waals surface area contributed by atoms with Crippen molar-refractivity contribution < 1.29 is 22.7 Å². The normalized spacial score (nSPS) is 11.3. The van der Waals surface area contributed by atoms with Crippen LogP contribution in [0.4, 0.5) is 0 Å². The largest absolute Gasteiger partial charge is 0.464 e. The third kappa shape index (κ3) is 5.00. The molecule has 152 valence electrons. The zero-order valence-electron chi connectivity index (χ0n) is 16.5. The van der Waals surface area contributed by atoms with Gasteiger partial charge in [-0.1, -0.05) is 0 Å². The van der Waals surface area contributed by atoms with E-state index in [-0.39, 0.29) is 10.6 Å². The minimum absolute atomic E-state index is 0.106. The summed E-state index contributed by atoms with van der Waals surface area (Å²) in [5.74, 6) is 0.220. The predicted octanol–water partition coefficient (Wildman–Crippen LogP) is 2.93. The fourth-order valence-corrected chi connectivity index (χ4v) is 3.42. The third-order valence-corrected chi connectivity index (χ3v) is 5.28. The first-order valence-electron chi connectivity index (χ1n) is 8.74. The lowest BCUT2D eigenvalue weighted by Crippen LogP contribution is -2.10. The van der Waals surface area contributed by atoms with Crippen LogP contribution in [0.25, 0.3) is 0 Å². The van der Waals surface area contributed by atoms with Crippen molar-refractivity contribution in [1.82, 2.24) is 14.8 Å². The SMILES string of the molecule is COC(=O)c1cc(Oc2ccc(S(C)(=O)=O)cc2)cc(Cn2nc(C)cc2C)n1. The maximum absolute atomic E-state index is 12.0. The number of benzene rings is 1. The van der Waals surface area contributed by atoms with E-state index in [1.165, 1.54) is 25.3 Å². The molecule has 0 amide bonds. The molecule has 3 aromatic rings. The van der Waals surface area contributed by atoms with Gasteiger partial charge in [-0.2, -0.15) is 5.10 Å². The van der Waals surface area contributed by atoms with Crippen molar-refractivity contribution in [2.75, 3.05) is 13.4 Å². The van der Waals surface area contributed by atoms with Gasteiger partial charge in [0.1, 0.15) is 11.5 Å². The second-order valence-corrected chi connectivity index (χ2v) is 8.62. The average Bonchev–Trinajstić information content (AvgIpc) is 2.97. The molecule has 0 aliphatic heterocycles. The summed E-state index contributed by atoms with van der Waals surface area (Å²) < 4.78 is 35.6. The average molecular weight is 415 g/mol. The molecule has 0 aliphatic rings. The summed E-state index contributed by atoms with van der Waals surface area (Å²) >= 11 is 0. The molecule has 0 N–H and O–H groups in total. The van der Waals surface area contributed by atoms with Gasteiger partial charge in [-0.15, -0.1) is 0 Å². The smallest absolute Gasteiger partial charge is 0.356 e. The summed E-state index contributed by atoms with van der Waals surface area (Å²) in [7, 11) is -2.01. The molecular formula is C20H21N3O5S. The molecule has 0 unspecified atom stereocenters. The van der Waals surface area contributed by atoms with Gasteiger partial charge in [0.05, 0.1) is 29.9 Å². The lowest BCUT2D eigenvalue weighted by Gasteiger charge is -2.11. The Morgan fingerprint density at radius 2 is 1.76 bits per heavy atom. The number of hydrogen-bond donors (Lipinski definition) is 0. The molecule has 0 aliphatic carbocycles. The number of nitrogens with zero attached hydrogens (tertiary/aromatic N) is 3. The number of pyridine rings is 1. The Morgan fingerprint density at radius 3 is 2.31 bits per heavy atom. The van der Waals surface area contributed by atoms with Crippen molar-refractivity contribution in [3.05, 3.63) is 65.2 Å². The van der Waals surface area contributed by atoms with Crippen molar-refractivity contribution >= 4 is 15.8 Å². The van der Waals surface area contributed by atoms with Crippen molar-refractivity contribution in [2.45, 2.75) is 25.3 Å². The van der Waals surface area contributed by atoms with Crippen LogP contribution in [0.3, 0.4) is 0 Å². The number of rotatable bonds is 6. The minimum atomic E-state index is -3.29.